The molecule has 0 radical (unpaired) electrons. The Morgan fingerprint density at radius 2 is 2.18 bits per heavy atom. The van der Waals surface area contributed by atoms with E-state index in [4.69, 9.17) is 4.74 Å². The third-order valence-electron chi connectivity index (χ3n) is 2.10. The zero-order valence-electron chi connectivity index (χ0n) is 7.08. The van der Waals surface area contributed by atoms with Crippen LogP contribution in [0.25, 0.3) is 0 Å². The van der Waals surface area contributed by atoms with E-state index < -0.39 is 0 Å². The Hall–Kier alpha value is -0.370. The zero-order valence-corrected chi connectivity index (χ0v) is 7.08. The van der Waals surface area contributed by atoms with Gasteiger partial charge in [-0.3, -0.25) is 0 Å². The molecule has 1 heterocycles. The molecule has 1 aliphatic heterocycles. The summed E-state index contributed by atoms with van der Waals surface area (Å²) in [5, 5.41) is 0. The fraction of sp³-hybridized carbons (Fsp3) is 0.889. The molecule has 0 N–H and O–H groups in total. The molecule has 2 nitrogen and oxygen atoms in total. The highest BCUT2D eigenvalue weighted by Crippen LogP contribution is 2.25. The molecule has 1 aliphatic rings. The third-order valence-corrected chi connectivity index (χ3v) is 2.10. The summed E-state index contributed by atoms with van der Waals surface area (Å²) in [6, 6.07) is 0. The number of unbranched alkanes of at least 4 members (excludes halogenated alkanes) is 3. The first-order valence-corrected chi connectivity index (χ1v) is 4.49. The Labute approximate surface area is 67.9 Å². The highest BCUT2D eigenvalue weighted by Gasteiger charge is 2.37. The molecule has 0 aliphatic carbocycles. The van der Waals surface area contributed by atoms with Crippen molar-refractivity contribution in [2.45, 2.75) is 51.2 Å². The van der Waals surface area contributed by atoms with Gasteiger partial charge >= 0.3 is 0 Å². The van der Waals surface area contributed by atoms with Crippen molar-refractivity contribution in [3.05, 3.63) is 0 Å². The molecule has 0 aromatic carbocycles. The number of hydrogen-bond donors (Lipinski definition) is 0. The number of rotatable bonds is 6. The molecule has 64 valence electrons. The fourth-order valence-corrected chi connectivity index (χ4v) is 1.28. The largest absolute Gasteiger partial charge is 0.362 e. The van der Waals surface area contributed by atoms with Gasteiger partial charge < -0.3 is 9.53 Å². The number of hydrogen-bond acceptors (Lipinski definition) is 2. The van der Waals surface area contributed by atoms with E-state index in [2.05, 4.69) is 6.92 Å². The van der Waals surface area contributed by atoms with Gasteiger partial charge in [-0.1, -0.05) is 32.6 Å². The van der Waals surface area contributed by atoms with Crippen LogP contribution >= 0.6 is 0 Å². The number of aldehydes is 1. The average Bonchev–Trinajstić information content (AvgIpc) is 2.77. The molecule has 0 bridgehead atoms. The van der Waals surface area contributed by atoms with Gasteiger partial charge in [-0.25, -0.2) is 0 Å². The van der Waals surface area contributed by atoms with E-state index in [1.165, 1.54) is 25.7 Å². The molecule has 1 fully saturated rings. The molecule has 2 heteroatoms. The van der Waals surface area contributed by atoms with Gasteiger partial charge in [-0.05, 0) is 6.42 Å². The van der Waals surface area contributed by atoms with Crippen molar-refractivity contribution in [2.75, 3.05) is 0 Å². The van der Waals surface area contributed by atoms with Gasteiger partial charge in [0.2, 0.25) is 0 Å². The SMILES string of the molecule is CCCCCC[C@@H]1O[C@H]1C=O. The molecule has 2 atom stereocenters. The van der Waals surface area contributed by atoms with E-state index in [1.807, 2.05) is 0 Å². The number of carbonyl (C=O) groups excluding carboxylic acids is 1. The lowest BCUT2D eigenvalue weighted by Crippen LogP contribution is -1.94. The average molecular weight is 156 g/mol. The first-order valence-electron chi connectivity index (χ1n) is 4.49. The smallest absolute Gasteiger partial charge is 0.151 e. The second-order valence-corrected chi connectivity index (χ2v) is 3.12. The topological polar surface area (TPSA) is 29.6 Å². The van der Waals surface area contributed by atoms with Crippen LogP contribution in [0.3, 0.4) is 0 Å². The summed E-state index contributed by atoms with van der Waals surface area (Å²) in [4.78, 5) is 10.1. The van der Waals surface area contributed by atoms with E-state index in [1.54, 1.807) is 0 Å². The minimum absolute atomic E-state index is 0.0587. The first kappa shape index (κ1) is 8.72. The van der Waals surface area contributed by atoms with Gasteiger partial charge in [0.05, 0.1) is 6.10 Å². The quantitative estimate of drug-likeness (QED) is 0.334. The second kappa shape index (κ2) is 4.50. The minimum atomic E-state index is -0.0587. The van der Waals surface area contributed by atoms with Crippen molar-refractivity contribution in [3.8, 4) is 0 Å². The van der Waals surface area contributed by atoms with E-state index in [0.717, 1.165) is 12.7 Å². The molecule has 11 heavy (non-hydrogen) atoms. The van der Waals surface area contributed by atoms with Gasteiger partial charge in [0.15, 0.2) is 6.29 Å². The van der Waals surface area contributed by atoms with Gasteiger partial charge in [0.25, 0.3) is 0 Å². The summed E-state index contributed by atoms with van der Waals surface area (Å²) in [6.45, 7) is 2.20. The molecule has 0 saturated carbocycles. The molecule has 1 rings (SSSR count). The lowest BCUT2D eigenvalue weighted by Gasteiger charge is -1.94. The highest BCUT2D eigenvalue weighted by atomic mass is 16.6. The van der Waals surface area contributed by atoms with Gasteiger partial charge in [-0.15, -0.1) is 0 Å². The first-order chi connectivity index (χ1) is 5.38. The predicted molar refractivity (Wildman–Crippen MR) is 43.5 cm³/mol. The Kier molecular flexibility index (Phi) is 3.57. The summed E-state index contributed by atoms with van der Waals surface area (Å²) in [5.74, 6) is 0. The summed E-state index contributed by atoms with van der Waals surface area (Å²) in [7, 11) is 0. The van der Waals surface area contributed by atoms with Crippen molar-refractivity contribution in [1.29, 1.82) is 0 Å². The van der Waals surface area contributed by atoms with Crippen LogP contribution < -0.4 is 0 Å². The third kappa shape index (κ3) is 3.02. The van der Waals surface area contributed by atoms with Gasteiger partial charge in [-0.2, -0.15) is 0 Å². The van der Waals surface area contributed by atoms with E-state index >= 15 is 0 Å². The summed E-state index contributed by atoms with van der Waals surface area (Å²) < 4.78 is 5.08. The number of epoxide rings is 1. The maximum absolute atomic E-state index is 10.1. The Bertz CT molecular complexity index is 123. The van der Waals surface area contributed by atoms with Crippen LogP contribution in [0.5, 0.6) is 0 Å². The molecule has 0 spiro atoms. The van der Waals surface area contributed by atoms with Crippen LogP contribution in [-0.4, -0.2) is 18.5 Å². The van der Waals surface area contributed by atoms with Gasteiger partial charge in [0.1, 0.15) is 6.10 Å². The van der Waals surface area contributed by atoms with Crippen molar-refractivity contribution in [1.82, 2.24) is 0 Å². The molecule has 0 aromatic heterocycles. The molecular weight excluding hydrogens is 140 g/mol. The standard InChI is InChI=1S/C9H16O2/c1-2-3-4-5-6-8-9(7-10)11-8/h7-9H,2-6H2,1H3/t8-,9-/m0/s1. The van der Waals surface area contributed by atoms with E-state index in [9.17, 15) is 4.79 Å². The monoisotopic (exact) mass is 156 g/mol. The maximum atomic E-state index is 10.1. The minimum Gasteiger partial charge on any atom is -0.362 e. The summed E-state index contributed by atoms with van der Waals surface area (Å²) in [5.41, 5.74) is 0. The molecule has 0 unspecified atom stereocenters. The lowest BCUT2D eigenvalue weighted by molar-refractivity contribution is -0.108. The van der Waals surface area contributed by atoms with Crippen LogP contribution in [0.2, 0.25) is 0 Å². The summed E-state index contributed by atoms with van der Waals surface area (Å²) >= 11 is 0. The second-order valence-electron chi connectivity index (χ2n) is 3.12. The van der Waals surface area contributed by atoms with Crippen LogP contribution in [0.4, 0.5) is 0 Å². The predicted octanol–water partition coefficient (Wildman–Crippen LogP) is 1.92. The summed E-state index contributed by atoms with van der Waals surface area (Å²) in [6.07, 6.45) is 7.25. The molecular formula is C9H16O2. The number of carbonyl (C=O) groups is 1. The van der Waals surface area contributed by atoms with Crippen LogP contribution in [0.15, 0.2) is 0 Å². The molecule has 0 amide bonds. The van der Waals surface area contributed by atoms with Crippen LogP contribution in [-0.2, 0) is 9.53 Å². The van der Waals surface area contributed by atoms with Gasteiger partial charge in [0, 0.05) is 0 Å². The normalized spacial score (nSPS) is 28.5. The lowest BCUT2D eigenvalue weighted by atomic mass is 10.1. The molecule has 1 saturated heterocycles. The maximum Gasteiger partial charge on any atom is 0.151 e. The Balaban J connectivity index is 1.85. The van der Waals surface area contributed by atoms with Crippen LogP contribution in [0.1, 0.15) is 39.0 Å². The van der Waals surface area contributed by atoms with Crippen molar-refractivity contribution in [3.63, 3.8) is 0 Å². The highest BCUT2D eigenvalue weighted by molar-refractivity contribution is 5.60. The Morgan fingerprint density at radius 3 is 2.73 bits per heavy atom. The number of ether oxygens (including phenoxy) is 1. The fourth-order valence-electron chi connectivity index (χ4n) is 1.28. The molecule has 0 aromatic rings. The van der Waals surface area contributed by atoms with E-state index in [-0.39, 0.29) is 12.2 Å². The van der Waals surface area contributed by atoms with E-state index in [0.29, 0.717) is 0 Å². The van der Waals surface area contributed by atoms with Crippen molar-refractivity contribution in [2.24, 2.45) is 0 Å². The van der Waals surface area contributed by atoms with Crippen molar-refractivity contribution < 1.29 is 9.53 Å². The van der Waals surface area contributed by atoms with Crippen molar-refractivity contribution >= 4 is 6.29 Å². The zero-order chi connectivity index (χ0) is 8.10. The van der Waals surface area contributed by atoms with Crippen LogP contribution in [0, 0.1) is 0 Å². The Morgan fingerprint density at radius 1 is 1.36 bits per heavy atom.